The third-order valence-electron chi connectivity index (χ3n) is 5.73. The van der Waals surface area contributed by atoms with Crippen LogP contribution in [0.4, 0.5) is 10.1 Å². The van der Waals surface area contributed by atoms with Crippen LogP contribution in [0.3, 0.4) is 0 Å². The molecule has 1 aromatic heterocycles. The molecule has 3 heterocycles. The maximum Gasteiger partial charge on any atom is 0.191 e. The number of benzene rings is 1. The van der Waals surface area contributed by atoms with Gasteiger partial charge in [0.15, 0.2) is 5.96 Å². The van der Waals surface area contributed by atoms with E-state index in [2.05, 4.69) is 15.5 Å². The maximum absolute atomic E-state index is 14.2. The van der Waals surface area contributed by atoms with Gasteiger partial charge in [-0.25, -0.2) is 4.39 Å². The molecule has 4 rings (SSSR count). The van der Waals surface area contributed by atoms with Gasteiger partial charge in [0.1, 0.15) is 11.6 Å². The predicted molar refractivity (Wildman–Crippen MR) is 132 cm³/mol. The molecule has 2 N–H and O–H groups in total. The summed E-state index contributed by atoms with van der Waals surface area (Å²) in [6, 6.07) is 11.1. The van der Waals surface area contributed by atoms with E-state index in [4.69, 9.17) is 14.1 Å². The van der Waals surface area contributed by atoms with Crippen molar-refractivity contribution >= 4 is 35.6 Å². The summed E-state index contributed by atoms with van der Waals surface area (Å²) >= 11 is 0. The Bertz CT molecular complexity index is 812. The van der Waals surface area contributed by atoms with Crippen LogP contribution in [0.2, 0.25) is 0 Å². The molecule has 2 aromatic rings. The van der Waals surface area contributed by atoms with Crippen molar-refractivity contribution < 1.29 is 13.5 Å². The Morgan fingerprint density at radius 1 is 1.19 bits per heavy atom. The molecule has 0 saturated carbocycles. The first-order valence-electron chi connectivity index (χ1n) is 10.9. The lowest BCUT2D eigenvalue weighted by molar-refractivity contribution is 0.187. The largest absolute Gasteiger partial charge is 0.469 e. The number of hydrogen-bond acceptors (Lipinski definition) is 4. The van der Waals surface area contributed by atoms with Crippen molar-refractivity contribution in [2.45, 2.75) is 31.7 Å². The molecule has 170 valence electrons. The van der Waals surface area contributed by atoms with Crippen LogP contribution >= 0.6 is 24.0 Å². The summed E-state index contributed by atoms with van der Waals surface area (Å²) in [5, 5.41) is 7.02. The van der Waals surface area contributed by atoms with E-state index in [1.165, 1.54) is 6.07 Å². The van der Waals surface area contributed by atoms with Gasteiger partial charge in [-0.1, -0.05) is 12.1 Å². The lowest BCUT2D eigenvalue weighted by Crippen LogP contribution is -2.51. The van der Waals surface area contributed by atoms with Gasteiger partial charge in [-0.3, -0.25) is 4.99 Å². The second-order valence-electron chi connectivity index (χ2n) is 8.06. The van der Waals surface area contributed by atoms with Gasteiger partial charge in [0, 0.05) is 51.2 Å². The second kappa shape index (κ2) is 12.3. The average molecular weight is 542 g/mol. The van der Waals surface area contributed by atoms with E-state index in [0.717, 1.165) is 76.8 Å². The Morgan fingerprint density at radius 2 is 2.10 bits per heavy atom. The van der Waals surface area contributed by atoms with Crippen LogP contribution in [-0.2, 0) is 11.2 Å². The molecule has 2 atom stereocenters. The van der Waals surface area contributed by atoms with Crippen LogP contribution < -0.4 is 15.5 Å². The van der Waals surface area contributed by atoms with Gasteiger partial charge in [0.25, 0.3) is 0 Å². The summed E-state index contributed by atoms with van der Waals surface area (Å²) in [5.74, 6) is 2.09. The Kier molecular flexibility index (Phi) is 9.45. The van der Waals surface area contributed by atoms with Gasteiger partial charge in [-0.2, -0.15) is 0 Å². The molecule has 6 nitrogen and oxygen atoms in total. The van der Waals surface area contributed by atoms with Gasteiger partial charge in [0.2, 0.25) is 0 Å². The molecule has 0 aliphatic carbocycles. The fourth-order valence-electron chi connectivity index (χ4n) is 4.07. The van der Waals surface area contributed by atoms with E-state index in [9.17, 15) is 4.39 Å². The first-order valence-corrected chi connectivity index (χ1v) is 10.9. The fraction of sp³-hybridized carbons (Fsp3) is 0.522. The molecular formula is C23H32FIN4O2. The number of hydrogen-bond donors (Lipinski definition) is 2. The van der Waals surface area contributed by atoms with E-state index < -0.39 is 0 Å². The van der Waals surface area contributed by atoms with Crippen LogP contribution in [0.5, 0.6) is 0 Å². The van der Waals surface area contributed by atoms with E-state index in [1.807, 2.05) is 24.3 Å². The van der Waals surface area contributed by atoms with Crippen molar-refractivity contribution in [1.29, 1.82) is 0 Å². The zero-order valence-electron chi connectivity index (χ0n) is 17.8. The molecule has 0 radical (unpaired) electrons. The van der Waals surface area contributed by atoms with Crippen molar-refractivity contribution in [3.63, 3.8) is 0 Å². The number of halogens is 2. The Hall–Kier alpha value is -1.81. The lowest BCUT2D eigenvalue weighted by atomic mass is 10.0. The SMILES string of the molecule is Fc1ccccc1N1CCCC(NC(=NCC2CCOC2)NCCc2ccco2)C1.I. The molecule has 2 aliphatic heterocycles. The summed E-state index contributed by atoms with van der Waals surface area (Å²) in [7, 11) is 0. The molecule has 2 aliphatic rings. The first kappa shape index (κ1) is 23.8. The molecule has 31 heavy (non-hydrogen) atoms. The highest BCUT2D eigenvalue weighted by Gasteiger charge is 2.23. The highest BCUT2D eigenvalue weighted by molar-refractivity contribution is 14.0. The molecule has 2 unspecified atom stereocenters. The monoisotopic (exact) mass is 542 g/mol. The highest BCUT2D eigenvalue weighted by atomic mass is 127. The van der Waals surface area contributed by atoms with Crippen LogP contribution in [0, 0.1) is 11.7 Å². The number of para-hydroxylation sites is 1. The number of piperidine rings is 1. The summed E-state index contributed by atoms with van der Waals surface area (Å²) in [6.07, 6.45) is 5.61. The van der Waals surface area contributed by atoms with Gasteiger partial charge >= 0.3 is 0 Å². The minimum Gasteiger partial charge on any atom is -0.469 e. The Morgan fingerprint density at radius 3 is 2.87 bits per heavy atom. The topological polar surface area (TPSA) is 62.0 Å². The average Bonchev–Trinajstić information content (AvgIpc) is 3.47. The molecule has 2 fully saturated rings. The number of ether oxygens (including phenoxy) is 1. The van der Waals surface area contributed by atoms with Crippen molar-refractivity contribution in [1.82, 2.24) is 10.6 Å². The predicted octanol–water partition coefficient (Wildman–Crippen LogP) is 3.82. The third kappa shape index (κ3) is 7.10. The van der Waals surface area contributed by atoms with Crippen LogP contribution in [-0.4, -0.2) is 51.4 Å². The minimum atomic E-state index is -0.162. The Balaban J connectivity index is 0.00000272. The second-order valence-corrected chi connectivity index (χ2v) is 8.06. The molecule has 0 bridgehead atoms. The summed E-state index contributed by atoms with van der Waals surface area (Å²) in [4.78, 5) is 6.95. The molecule has 0 amide bonds. The van der Waals surface area contributed by atoms with Gasteiger partial charge < -0.3 is 24.7 Å². The molecular weight excluding hydrogens is 510 g/mol. The number of rotatable bonds is 7. The zero-order valence-corrected chi connectivity index (χ0v) is 20.1. The fourth-order valence-corrected chi connectivity index (χ4v) is 4.07. The van der Waals surface area contributed by atoms with Crippen molar-refractivity contribution in [3.05, 3.63) is 54.2 Å². The van der Waals surface area contributed by atoms with E-state index in [-0.39, 0.29) is 35.8 Å². The normalized spacial score (nSPS) is 21.6. The van der Waals surface area contributed by atoms with E-state index in [1.54, 1.807) is 12.3 Å². The first-order chi connectivity index (χ1) is 14.8. The van der Waals surface area contributed by atoms with E-state index in [0.29, 0.717) is 11.6 Å². The lowest BCUT2D eigenvalue weighted by Gasteiger charge is -2.35. The quantitative estimate of drug-likeness (QED) is 0.317. The van der Waals surface area contributed by atoms with Crippen LogP contribution in [0.15, 0.2) is 52.1 Å². The Labute approximate surface area is 200 Å². The summed E-state index contributed by atoms with van der Waals surface area (Å²) in [5.41, 5.74) is 0.677. The van der Waals surface area contributed by atoms with Crippen LogP contribution in [0.25, 0.3) is 0 Å². The number of nitrogens with one attached hydrogen (secondary N) is 2. The molecule has 0 spiro atoms. The standard InChI is InChI=1S/C23H31FN4O2.HI/c24-21-7-1-2-8-22(21)28-12-3-5-19(16-28)27-23(26-15-18-10-14-29-17-18)25-11-9-20-6-4-13-30-20;/h1-2,4,6-8,13,18-19H,3,5,9-12,14-17H2,(H2,25,26,27);1H. The summed E-state index contributed by atoms with van der Waals surface area (Å²) < 4.78 is 25.1. The van der Waals surface area contributed by atoms with Crippen molar-refractivity contribution in [2.24, 2.45) is 10.9 Å². The number of nitrogens with zero attached hydrogens (tertiary/aromatic N) is 2. The highest BCUT2D eigenvalue weighted by Crippen LogP contribution is 2.23. The van der Waals surface area contributed by atoms with Gasteiger partial charge in [0.05, 0.1) is 18.6 Å². The van der Waals surface area contributed by atoms with E-state index >= 15 is 0 Å². The van der Waals surface area contributed by atoms with Crippen LogP contribution in [0.1, 0.15) is 25.0 Å². The number of aliphatic imine (C=N–C) groups is 1. The van der Waals surface area contributed by atoms with Crippen molar-refractivity contribution in [3.8, 4) is 0 Å². The van der Waals surface area contributed by atoms with Crippen molar-refractivity contribution in [2.75, 3.05) is 44.3 Å². The van der Waals surface area contributed by atoms with Gasteiger partial charge in [-0.15, -0.1) is 24.0 Å². The summed E-state index contributed by atoms with van der Waals surface area (Å²) in [6.45, 7) is 4.73. The number of guanidine groups is 1. The van der Waals surface area contributed by atoms with Gasteiger partial charge in [-0.05, 0) is 43.5 Å². The molecule has 1 aromatic carbocycles. The zero-order chi connectivity index (χ0) is 20.6. The third-order valence-corrected chi connectivity index (χ3v) is 5.73. The molecule has 2 saturated heterocycles. The molecule has 8 heteroatoms. The number of anilines is 1. The smallest absolute Gasteiger partial charge is 0.191 e. The maximum atomic E-state index is 14.2. The minimum absolute atomic E-state index is 0. The number of furan rings is 1.